The van der Waals surface area contributed by atoms with E-state index >= 15 is 0 Å². The lowest BCUT2D eigenvalue weighted by Crippen LogP contribution is -2.18. The van der Waals surface area contributed by atoms with Gasteiger partial charge in [-0.05, 0) is 34.5 Å². The van der Waals surface area contributed by atoms with E-state index in [1.54, 1.807) is 23.7 Å². The Balaban J connectivity index is 1.80. The fourth-order valence-corrected chi connectivity index (χ4v) is 2.68. The molecule has 0 unspecified atom stereocenters. The second kappa shape index (κ2) is 7.71. The zero-order valence-electron chi connectivity index (χ0n) is 11.6. The lowest BCUT2D eigenvalue weighted by Gasteiger charge is -2.05. The Morgan fingerprint density at radius 3 is 3.00 bits per heavy atom. The van der Waals surface area contributed by atoms with Gasteiger partial charge in [0.25, 0.3) is 0 Å². The van der Waals surface area contributed by atoms with Gasteiger partial charge in [-0.25, -0.2) is 4.98 Å². The van der Waals surface area contributed by atoms with Crippen LogP contribution in [0.4, 0.5) is 0 Å². The van der Waals surface area contributed by atoms with Crippen LogP contribution >= 0.6 is 27.3 Å². The summed E-state index contributed by atoms with van der Waals surface area (Å²) in [7, 11) is 0. The molecule has 0 radical (unpaired) electrons. The monoisotopic (exact) mass is 355 g/mol. The van der Waals surface area contributed by atoms with E-state index < -0.39 is 0 Å². The second-order valence-corrected chi connectivity index (χ2v) is 6.74. The molecule has 4 nitrogen and oxygen atoms in total. The van der Waals surface area contributed by atoms with Gasteiger partial charge < -0.3 is 10.1 Å². The molecule has 0 atom stereocenters. The highest BCUT2D eigenvalue weighted by Crippen LogP contribution is 2.18. The van der Waals surface area contributed by atoms with Crippen molar-refractivity contribution in [3.05, 3.63) is 39.0 Å². The van der Waals surface area contributed by atoms with Crippen LogP contribution in [0.3, 0.4) is 0 Å². The predicted octanol–water partition coefficient (Wildman–Crippen LogP) is 3.63. The maximum Gasteiger partial charge on any atom is 0.139 e. The number of pyridine rings is 1. The number of nitrogens with zero attached hydrogens (tertiary/aromatic N) is 2. The van der Waals surface area contributed by atoms with E-state index in [-0.39, 0.29) is 0 Å². The quantitative estimate of drug-likeness (QED) is 0.823. The molecular weight excluding hydrogens is 338 g/mol. The molecule has 0 saturated carbocycles. The number of aromatic nitrogens is 2. The van der Waals surface area contributed by atoms with E-state index in [4.69, 9.17) is 4.74 Å². The summed E-state index contributed by atoms with van der Waals surface area (Å²) < 4.78 is 6.57. The largest absolute Gasteiger partial charge is 0.486 e. The third-order valence-corrected chi connectivity index (χ3v) is 3.83. The molecule has 0 aliphatic heterocycles. The number of hydrogen-bond acceptors (Lipinski definition) is 5. The smallest absolute Gasteiger partial charge is 0.139 e. The first kappa shape index (κ1) is 15.4. The van der Waals surface area contributed by atoms with Gasteiger partial charge in [-0.15, -0.1) is 11.3 Å². The fourth-order valence-electron chi connectivity index (χ4n) is 1.59. The van der Waals surface area contributed by atoms with E-state index in [0.717, 1.165) is 34.0 Å². The maximum atomic E-state index is 5.66. The number of ether oxygens (including phenoxy) is 1. The summed E-state index contributed by atoms with van der Waals surface area (Å²) in [6, 6.07) is 1.89. The fraction of sp³-hybridized carbons (Fsp3) is 0.429. The van der Waals surface area contributed by atoms with Crippen molar-refractivity contribution in [1.29, 1.82) is 0 Å². The highest BCUT2D eigenvalue weighted by molar-refractivity contribution is 9.10. The molecule has 0 amide bonds. The van der Waals surface area contributed by atoms with Crippen LogP contribution in [0.1, 0.15) is 24.5 Å². The Hall–Kier alpha value is -0.980. The normalized spacial score (nSPS) is 11.0. The molecule has 108 valence electrons. The summed E-state index contributed by atoms with van der Waals surface area (Å²) in [5.41, 5.74) is 0.955. The maximum absolute atomic E-state index is 5.66. The van der Waals surface area contributed by atoms with Crippen LogP contribution in [0.2, 0.25) is 0 Å². The first-order chi connectivity index (χ1) is 9.63. The van der Waals surface area contributed by atoms with Gasteiger partial charge >= 0.3 is 0 Å². The van der Waals surface area contributed by atoms with Crippen molar-refractivity contribution in [1.82, 2.24) is 15.3 Å². The molecular formula is C14H18BrN3OS. The van der Waals surface area contributed by atoms with Crippen molar-refractivity contribution in [3.8, 4) is 5.75 Å². The summed E-state index contributed by atoms with van der Waals surface area (Å²) in [6.07, 6.45) is 3.43. The van der Waals surface area contributed by atoms with Gasteiger partial charge in [0.15, 0.2) is 0 Å². The minimum atomic E-state index is 0.471. The van der Waals surface area contributed by atoms with Crippen LogP contribution in [-0.4, -0.2) is 16.5 Å². The first-order valence-electron chi connectivity index (χ1n) is 6.51. The van der Waals surface area contributed by atoms with Crippen molar-refractivity contribution in [3.63, 3.8) is 0 Å². The van der Waals surface area contributed by atoms with Crippen LogP contribution < -0.4 is 10.1 Å². The van der Waals surface area contributed by atoms with E-state index in [0.29, 0.717) is 12.5 Å². The van der Waals surface area contributed by atoms with Gasteiger partial charge in [0.1, 0.15) is 17.4 Å². The lowest BCUT2D eigenvalue weighted by atomic mass is 10.2. The molecule has 2 aromatic rings. The molecule has 0 fully saturated rings. The second-order valence-electron chi connectivity index (χ2n) is 4.88. The van der Waals surface area contributed by atoms with Crippen LogP contribution in [0.25, 0.3) is 0 Å². The van der Waals surface area contributed by atoms with Crippen LogP contribution in [-0.2, 0) is 13.2 Å². The number of halogens is 1. The Labute approximate surface area is 131 Å². The average Bonchev–Trinajstić information content (AvgIpc) is 2.84. The molecule has 0 spiro atoms. The summed E-state index contributed by atoms with van der Waals surface area (Å²) in [5.74, 6) is 1.40. The lowest BCUT2D eigenvalue weighted by molar-refractivity contribution is 0.300. The topological polar surface area (TPSA) is 47.0 Å². The molecule has 0 bridgehead atoms. The van der Waals surface area contributed by atoms with Gasteiger partial charge in [0, 0.05) is 22.6 Å². The molecule has 20 heavy (non-hydrogen) atoms. The molecule has 0 aliphatic carbocycles. The van der Waals surface area contributed by atoms with Crippen molar-refractivity contribution >= 4 is 27.3 Å². The SMILES string of the molecule is CC(C)CNCc1nc(COc2cncc(Br)c2)cs1. The van der Waals surface area contributed by atoms with Gasteiger partial charge in [-0.2, -0.15) is 0 Å². The van der Waals surface area contributed by atoms with Gasteiger partial charge in [0.2, 0.25) is 0 Å². The van der Waals surface area contributed by atoms with Crippen molar-refractivity contribution in [2.45, 2.75) is 27.0 Å². The Morgan fingerprint density at radius 1 is 1.40 bits per heavy atom. The molecule has 2 aromatic heterocycles. The minimum absolute atomic E-state index is 0.471. The third kappa shape index (κ3) is 5.19. The Bertz CT molecular complexity index is 545. The Morgan fingerprint density at radius 2 is 2.25 bits per heavy atom. The molecule has 0 aliphatic rings. The summed E-state index contributed by atoms with van der Waals surface area (Å²) >= 11 is 5.03. The summed E-state index contributed by atoms with van der Waals surface area (Å²) in [5, 5.41) is 6.52. The van der Waals surface area contributed by atoms with E-state index in [9.17, 15) is 0 Å². The minimum Gasteiger partial charge on any atom is -0.486 e. The zero-order valence-corrected chi connectivity index (χ0v) is 14.0. The van der Waals surface area contributed by atoms with Gasteiger partial charge in [0.05, 0.1) is 11.9 Å². The van der Waals surface area contributed by atoms with Gasteiger partial charge in [-0.1, -0.05) is 13.8 Å². The molecule has 0 aromatic carbocycles. The van der Waals surface area contributed by atoms with Crippen molar-refractivity contribution in [2.75, 3.05) is 6.54 Å². The summed E-state index contributed by atoms with van der Waals surface area (Å²) in [6.45, 7) is 6.69. The summed E-state index contributed by atoms with van der Waals surface area (Å²) in [4.78, 5) is 8.60. The van der Waals surface area contributed by atoms with E-state index in [2.05, 4.69) is 45.1 Å². The zero-order chi connectivity index (χ0) is 14.4. The molecule has 1 N–H and O–H groups in total. The number of thiazole rings is 1. The number of nitrogens with one attached hydrogen (secondary N) is 1. The third-order valence-electron chi connectivity index (χ3n) is 2.49. The van der Waals surface area contributed by atoms with Crippen LogP contribution in [0, 0.1) is 5.92 Å². The molecule has 2 rings (SSSR count). The van der Waals surface area contributed by atoms with Crippen LogP contribution in [0.15, 0.2) is 28.3 Å². The van der Waals surface area contributed by atoms with Crippen molar-refractivity contribution < 1.29 is 4.74 Å². The van der Waals surface area contributed by atoms with E-state index in [1.807, 2.05) is 11.4 Å². The van der Waals surface area contributed by atoms with Crippen molar-refractivity contribution in [2.24, 2.45) is 5.92 Å². The number of rotatable bonds is 7. The predicted molar refractivity (Wildman–Crippen MR) is 84.9 cm³/mol. The highest BCUT2D eigenvalue weighted by atomic mass is 79.9. The molecule has 2 heterocycles. The van der Waals surface area contributed by atoms with Crippen LogP contribution in [0.5, 0.6) is 5.75 Å². The standard InChI is InChI=1S/C14H18BrN3OS/c1-10(2)4-16-7-14-18-12(9-20-14)8-19-13-3-11(15)5-17-6-13/h3,5-6,9-10,16H,4,7-8H2,1-2H3. The number of hydrogen-bond donors (Lipinski definition) is 1. The van der Waals surface area contributed by atoms with E-state index in [1.165, 1.54) is 0 Å². The molecule has 6 heteroatoms. The van der Waals surface area contributed by atoms with Gasteiger partial charge in [-0.3, -0.25) is 4.98 Å². The Kier molecular flexibility index (Phi) is 5.94. The average molecular weight is 356 g/mol. The highest BCUT2D eigenvalue weighted by Gasteiger charge is 2.04. The first-order valence-corrected chi connectivity index (χ1v) is 8.18. The molecule has 0 saturated heterocycles.